The molecule has 0 aliphatic heterocycles. The first-order valence-electron chi connectivity index (χ1n) is 4.67. The van der Waals surface area contributed by atoms with Crippen molar-refractivity contribution in [3.05, 3.63) is 0 Å². The monoisotopic (exact) mass is 156 g/mol. The molecular weight excluding hydrogens is 136 g/mol. The van der Waals surface area contributed by atoms with Crippen LogP contribution in [0.3, 0.4) is 0 Å². The van der Waals surface area contributed by atoms with E-state index in [-0.39, 0.29) is 6.10 Å². The number of aliphatic hydroxyl groups excluding tert-OH is 1. The second kappa shape index (κ2) is 3.14. The molecule has 0 aromatic rings. The highest BCUT2D eigenvalue weighted by Crippen LogP contribution is 2.35. The molecule has 1 heteroatoms. The van der Waals surface area contributed by atoms with Gasteiger partial charge in [-0.2, -0.15) is 0 Å². The number of aliphatic hydroxyl groups is 1. The van der Waals surface area contributed by atoms with Gasteiger partial charge in [-0.25, -0.2) is 0 Å². The van der Waals surface area contributed by atoms with E-state index in [0.29, 0.717) is 11.3 Å². The Labute approximate surface area is 69.8 Å². The molecule has 0 aromatic carbocycles. The smallest absolute Gasteiger partial charge is 0.0568 e. The van der Waals surface area contributed by atoms with Crippen LogP contribution in [-0.2, 0) is 0 Å². The van der Waals surface area contributed by atoms with Gasteiger partial charge in [-0.1, -0.05) is 27.2 Å². The fourth-order valence-corrected chi connectivity index (χ4v) is 2.04. The Balaban J connectivity index is 2.37. The molecule has 66 valence electrons. The maximum Gasteiger partial charge on any atom is 0.0568 e. The zero-order valence-electron chi connectivity index (χ0n) is 7.93. The minimum Gasteiger partial charge on any atom is -0.393 e. The topological polar surface area (TPSA) is 20.2 Å². The molecule has 0 aromatic heterocycles. The van der Waals surface area contributed by atoms with E-state index < -0.39 is 0 Å². The summed E-state index contributed by atoms with van der Waals surface area (Å²) >= 11 is 0. The summed E-state index contributed by atoms with van der Waals surface area (Å²) in [6, 6.07) is 0. The van der Waals surface area contributed by atoms with Gasteiger partial charge in [0.15, 0.2) is 0 Å². The highest BCUT2D eigenvalue weighted by Gasteiger charge is 2.28. The Bertz CT molecular complexity index is 123. The zero-order chi connectivity index (χ0) is 8.48. The third kappa shape index (κ3) is 2.82. The first-order valence-corrected chi connectivity index (χ1v) is 4.67. The SMILES string of the molecule is CC(C)(C)CC1CCCC1O. The van der Waals surface area contributed by atoms with Crippen molar-refractivity contribution in [2.24, 2.45) is 11.3 Å². The minimum absolute atomic E-state index is 0.00535. The fraction of sp³-hybridized carbons (Fsp3) is 1.00. The normalized spacial score (nSPS) is 32.7. The number of hydrogen-bond acceptors (Lipinski definition) is 1. The highest BCUT2D eigenvalue weighted by molar-refractivity contribution is 4.80. The molecule has 1 fully saturated rings. The van der Waals surface area contributed by atoms with E-state index in [0.717, 1.165) is 6.42 Å². The Hall–Kier alpha value is -0.0400. The van der Waals surface area contributed by atoms with E-state index in [1.54, 1.807) is 0 Å². The Kier molecular flexibility index (Phi) is 2.58. The van der Waals surface area contributed by atoms with E-state index in [2.05, 4.69) is 20.8 Å². The van der Waals surface area contributed by atoms with Crippen molar-refractivity contribution in [3.8, 4) is 0 Å². The van der Waals surface area contributed by atoms with E-state index in [4.69, 9.17) is 0 Å². The maximum atomic E-state index is 9.55. The molecule has 2 atom stereocenters. The van der Waals surface area contributed by atoms with Crippen LogP contribution in [0.1, 0.15) is 46.5 Å². The Morgan fingerprint density at radius 2 is 1.91 bits per heavy atom. The van der Waals surface area contributed by atoms with E-state index in [9.17, 15) is 5.11 Å². The van der Waals surface area contributed by atoms with Crippen molar-refractivity contribution < 1.29 is 5.11 Å². The average molecular weight is 156 g/mol. The molecule has 11 heavy (non-hydrogen) atoms. The molecule has 1 aliphatic carbocycles. The molecule has 1 saturated carbocycles. The lowest BCUT2D eigenvalue weighted by Crippen LogP contribution is -2.19. The van der Waals surface area contributed by atoms with E-state index in [1.165, 1.54) is 19.3 Å². The van der Waals surface area contributed by atoms with Gasteiger partial charge in [-0.15, -0.1) is 0 Å². The lowest BCUT2D eigenvalue weighted by atomic mass is 9.83. The summed E-state index contributed by atoms with van der Waals surface area (Å²) in [7, 11) is 0. The van der Waals surface area contributed by atoms with Gasteiger partial charge >= 0.3 is 0 Å². The van der Waals surface area contributed by atoms with E-state index >= 15 is 0 Å². The van der Waals surface area contributed by atoms with Gasteiger partial charge in [0.1, 0.15) is 0 Å². The molecule has 0 radical (unpaired) electrons. The van der Waals surface area contributed by atoms with Gasteiger partial charge in [0.05, 0.1) is 6.10 Å². The highest BCUT2D eigenvalue weighted by atomic mass is 16.3. The summed E-state index contributed by atoms with van der Waals surface area (Å²) in [6.45, 7) is 6.74. The van der Waals surface area contributed by atoms with Gasteiger partial charge in [-0.05, 0) is 30.6 Å². The van der Waals surface area contributed by atoms with E-state index in [1.807, 2.05) is 0 Å². The van der Waals surface area contributed by atoms with Crippen molar-refractivity contribution in [1.82, 2.24) is 0 Å². The van der Waals surface area contributed by atoms with Crippen LogP contribution in [0.25, 0.3) is 0 Å². The van der Waals surface area contributed by atoms with Crippen molar-refractivity contribution in [3.63, 3.8) is 0 Å². The first kappa shape index (κ1) is 9.05. The van der Waals surface area contributed by atoms with Gasteiger partial charge < -0.3 is 5.11 Å². The van der Waals surface area contributed by atoms with Crippen molar-refractivity contribution in [2.75, 3.05) is 0 Å². The third-order valence-corrected chi connectivity index (χ3v) is 2.49. The third-order valence-electron chi connectivity index (χ3n) is 2.49. The lowest BCUT2D eigenvalue weighted by molar-refractivity contribution is 0.106. The van der Waals surface area contributed by atoms with Crippen molar-refractivity contribution in [1.29, 1.82) is 0 Å². The Morgan fingerprint density at radius 3 is 2.27 bits per heavy atom. The summed E-state index contributed by atoms with van der Waals surface area (Å²) in [4.78, 5) is 0. The van der Waals surface area contributed by atoms with Crippen LogP contribution in [0, 0.1) is 11.3 Å². The minimum atomic E-state index is -0.00535. The predicted octanol–water partition coefficient (Wildman–Crippen LogP) is 2.58. The molecular formula is C10H20O. The first-order chi connectivity index (χ1) is 4.99. The van der Waals surface area contributed by atoms with Crippen LogP contribution >= 0.6 is 0 Å². The van der Waals surface area contributed by atoms with Crippen LogP contribution in [-0.4, -0.2) is 11.2 Å². The van der Waals surface area contributed by atoms with Crippen LogP contribution in [0.4, 0.5) is 0 Å². The van der Waals surface area contributed by atoms with Crippen molar-refractivity contribution >= 4 is 0 Å². The Morgan fingerprint density at radius 1 is 1.27 bits per heavy atom. The summed E-state index contributed by atoms with van der Waals surface area (Å²) in [5.74, 6) is 0.579. The van der Waals surface area contributed by atoms with Gasteiger partial charge in [0.25, 0.3) is 0 Å². The van der Waals surface area contributed by atoms with Crippen LogP contribution in [0.15, 0.2) is 0 Å². The predicted molar refractivity (Wildman–Crippen MR) is 47.4 cm³/mol. The van der Waals surface area contributed by atoms with Crippen LogP contribution in [0.2, 0.25) is 0 Å². The molecule has 0 saturated heterocycles. The maximum absolute atomic E-state index is 9.55. The second-order valence-electron chi connectivity index (χ2n) is 5.02. The molecule has 1 N–H and O–H groups in total. The molecule has 1 nitrogen and oxygen atoms in total. The quantitative estimate of drug-likeness (QED) is 0.618. The molecule has 0 amide bonds. The van der Waals surface area contributed by atoms with Crippen LogP contribution in [0.5, 0.6) is 0 Å². The molecule has 2 unspecified atom stereocenters. The summed E-state index contributed by atoms with van der Waals surface area (Å²) in [6.07, 6.45) is 4.66. The molecule has 1 rings (SSSR count). The van der Waals surface area contributed by atoms with Crippen LogP contribution < -0.4 is 0 Å². The number of rotatable bonds is 1. The lowest BCUT2D eigenvalue weighted by Gasteiger charge is -2.24. The molecule has 0 spiro atoms. The standard InChI is InChI=1S/C10H20O/c1-10(2,3)7-8-5-4-6-9(8)11/h8-9,11H,4-7H2,1-3H3. The molecule has 1 aliphatic rings. The number of hydrogen-bond donors (Lipinski definition) is 1. The zero-order valence-corrected chi connectivity index (χ0v) is 7.93. The summed E-state index contributed by atoms with van der Waals surface area (Å²) in [5, 5.41) is 9.55. The van der Waals surface area contributed by atoms with Crippen molar-refractivity contribution in [2.45, 2.75) is 52.6 Å². The second-order valence-corrected chi connectivity index (χ2v) is 5.02. The fourth-order valence-electron chi connectivity index (χ4n) is 2.04. The average Bonchev–Trinajstić information content (AvgIpc) is 2.12. The summed E-state index contributed by atoms with van der Waals surface area (Å²) < 4.78 is 0. The van der Waals surface area contributed by atoms with Gasteiger partial charge in [0, 0.05) is 0 Å². The van der Waals surface area contributed by atoms with Gasteiger partial charge in [0.2, 0.25) is 0 Å². The summed E-state index contributed by atoms with van der Waals surface area (Å²) in [5.41, 5.74) is 0.385. The largest absolute Gasteiger partial charge is 0.393 e. The van der Waals surface area contributed by atoms with Gasteiger partial charge in [-0.3, -0.25) is 0 Å². The molecule has 0 heterocycles. The molecule has 0 bridgehead atoms.